The third-order valence-corrected chi connectivity index (χ3v) is 2.76. The van der Waals surface area contributed by atoms with Gasteiger partial charge in [0.2, 0.25) is 0 Å². The number of rotatable bonds is 2. The number of aryl methyl sites for hydroxylation is 1. The van der Waals surface area contributed by atoms with Crippen LogP contribution in [0.2, 0.25) is 0 Å². The molecule has 4 nitrogen and oxygen atoms in total. The van der Waals surface area contributed by atoms with E-state index in [4.69, 9.17) is 5.11 Å². The summed E-state index contributed by atoms with van der Waals surface area (Å²) >= 11 is 0. The van der Waals surface area contributed by atoms with Gasteiger partial charge in [-0.15, -0.1) is 0 Å². The van der Waals surface area contributed by atoms with Crippen molar-refractivity contribution in [2.45, 2.75) is 6.92 Å². The minimum absolute atomic E-state index is 0.202. The number of carbonyl (C=O) groups excluding carboxylic acids is 1. The van der Waals surface area contributed by atoms with E-state index in [1.807, 2.05) is 0 Å². The van der Waals surface area contributed by atoms with Crippen LogP contribution < -0.4 is 5.32 Å². The van der Waals surface area contributed by atoms with Crippen LogP contribution in [0.1, 0.15) is 21.6 Å². The Balaban J connectivity index is 2.15. The smallest absolute Gasteiger partial charge is 0.274 e. The third-order valence-electron chi connectivity index (χ3n) is 2.76. The standard InChI is InChI=1S/C16H13FN2O2/c1-11-4-6-13(17)9-15(11)19-16(21)14-7-5-12(10-18-14)3-2-8-20/h4-7,9-10,20H,8H2,1H3,(H,19,21). The summed E-state index contributed by atoms with van der Waals surface area (Å²) in [4.78, 5) is 16.0. The molecule has 0 aliphatic carbocycles. The van der Waals surface area contributed by atoms with E-state index < -0.39 is 11.7 Å². The number of nitrogens with zero attached hydrogens (tertiary/aromatic N) is 1. The number of nitrogens with one attached hydrogen (secondary N) is 1. The van der Waals surface area contributed by atoms with Gasteiger partial charge in [-0.2, -0.15) is 0 Å². The van der Waals surface area contributed by atoms with E-state index in [0.29, 0.717) is 11.3 Å². The first-order valence-electron chi connectivity index (χ1n) is 6.23. The number of amides is 1. The van der Waals surface area contributed by atoms with Crippen molar-refractivity contribution in [1.82, 2.24) is 4.98 Å². The zero-order chi connectivity index (χ0) is 15.2. The van der Waals surface area contributed by atoms with Gasteiger partial charge >= 0.3 is 0 Å². The van der Waals surface area contributed by atoms with Gasteiger partial charge in [-0.25, -0.2) is 9.37 Å². The highest BCUT2D eigenvalue weighted by molar-refractivity contribution is 6.03. The topological polar surface area (TPSA) is 62.2 Å². The molecule has 2 aromatic rings. The van der Waals surface area contributed by atoms with Gasteiger partial charge in [0.05, 0.1) is 0 Å². The van der Waals surface area contributed by atoms with Crippen molar-refractivity contribution >= 4 is 11.6 Å². The molecule has 1 heterocycles. The van der Waals surface area contributed by atoms with E-state index in [1.54, 1.807) is 19.1 Å². The molecule has 2 rings (SSSR count). The second-order valence-corrected chi connectivity index (χ2v) is 4.31. The van der Waals surface area contributed by atoms with Crippen LogP contribution in [0.3, 0.4) is 0 Å². The van der Waals surface area contributed by atoms with E-state index in [0.717, 1.165) is 5.56 Å². The molecule has 1 amide bonds. The fourth-order valence-corrected chi connectivity index (χ4v) is 1.66. The minimum atomic E-state index is -0.426. The summed E-state index contributed by atoms with van der Waals surface area (Å²) in [5, 5.41) is 11.2. The Bertz CT molecular complexity index is 715. The lowest BCUT2D eigenvalue weighted by molar-refractivity contribution is 0.102. The van der Waals surface area contributed by atoms with Gasteiger partial charge in [0.1, 0.15) is 18.1 Å². The van der Waals surface area contributed by atoms with Crippen LogP contribution in [-0.2, 0) is 0 Å². The van der Waals surface area contributed by atoms with E-state index >= 15 is 0 Å². The summed E-state index contributed by atoms with van der Waals surface area (Å²) in [6, 6.07) is 7.33. The highest BCUT2D eigenvalue weighted by atomic mass is 19.1. The normalized spacial score (nSPS) is 9.67. The first-order valence-corrected chi connectivity index (χ1v) is 6.23. The number of hydrogen-bond acceptors (Lipinski definition) is 3. The van der Waals surface area contributed by atoms with E-state index in [-0.39, 0.29) is 12.3 Å². The summed E-state index contributed by atoms with van der Waals surface area (Å²) in [6.45, 7) is 1.54. The van der Waals surface area contributed by atoms with Crippen LogP contribution in [0.4, 0.5) is 10.1 Å². The second-order valence-electron chi connectivity index (χ2n) is 4.31. The monoisotopic (exact) mass is 284 g/mol. The average Bonchev–Trinajstić information content (AvgIpc) is 2.49. The van der Waals surface area contributed by atoms with Crippen molar-refractivity contribution in [3.05, 3.63) is 59.2 Å². The molecule has 0 radical (unpaired) electrons. The molecule has 0 aliphatic rings. The van der Waals surface area contributed by atoms with Crippen LogP contribution in [0.15, 0.2) is 36.5 Å². The number of halogens is 1. The molecule has 0 spiro atoms. The third kappa shape index (κ3) is 3.88. The molecule has 0 aliphatic heterocycles. The first-order chi connectivity index (χ1) is 10.1. The SMILES string of the molecule is Cc1ccc(F)cc1NC(=O)c1ccc(C#CCO)cn1. The number of pyridine rings is 1. The average molecular weight is 284 g/mol. The summed E-state index contributed by atoms with van der Waals surface area (Å²) < 4.78 is 13.2. The number of anilines is 1. The Morgan fingerprint density at radius 1 is 1.38 bits per heavy atom. The quantitative estimate of drug-likeness (QED) is 0.830. The lowest BCUT2D eigenvalue weighted by atomic mass is 10.2. The van der Waals surface area contributed by atoms with Crippen molar-refractivity contribution in [1.29, 1.82) is 0 Å². The minimum Gasteiger partial charge on any atom is -0.384 e. The lowest BCUT2D eigenvalue weighted by Crippen LogP contribution is -2.14. The summed E-state index contributed by atoms with van der Waals surface area (Å²) in [5.41, 5.74) is 1.97. The van der Waals surface area contributed by atoms with Gasteiger partial charge in [0.15, 0.2) is 0 Å². The van der Waals surface area contributed by atoms with E-state index in [1.165, 1.54) is 24.4 Å². The Morgan fingerprint density at radius 2 is 2.19 bits per heavy atom. The fourth-order valence-electron chi connectivity index (χ4n) is 1.66. The Labute approximate surface area is 121 Å². The molecule has 2 N–H and O–H groups in total. The summed E-state index contributed by atoms with van der Waals surface area (Å²) in [7, 11) is 0. The number of aliphatic hydroxyl groups is 1. The van der Waals surface area contributed by atoms with Crippen LogP contribution in [0, 0.1) is 24.6 Å². The van der Waals surface area contributed by atoms with Crippen LogP contribution in [-0.4, -0.2) is 22.6 Å². The van der Waals surface area contributed by atoms with Crippen LogP contribution in [0.5, 0.6) is 0 Å². The zero-order valence-corrected chi connectivity index (χ0v) is 11.4. The molecule has 0 saturated carbocycles. The molecule has 0 saturated heterocycles. The molecule has 5 heteroatoms. The van der Waals surface area contributed by atoms with Crippen LogP contribution >= 0.6 is 0 Å². The number of carbonyl (C=O) groups is 1. The van der Waals surface area contributed by atoms with Gasteiger partial charge < -0.3 is 10.4 Å². The molecular formula is C16H13FN2O2. The summed E-state index contributed by atoms with van der Waals surface area (Å²) in [6.07, 6.45) is 1.44. The van der Waals surface area contributed by atoms with Crippen molar-refractivity contribution in [2.75, 3.05) is 11.9 Å². The molecule has 0 atom stereocenters. The van der Waals surface area contributed by atoms with E-state index in [9.17, 15) is 9.18 Å². The zero-order valence-electron chi connectivity index (χ0n) is 11.4. The fraction of sp³-hybridized carbons (Fsp3) is 0.125. The van der Waals surface area contributed by atoms with Crippen LogP contribution in [0.25, 0.3) is 0 Å². The molecule has 0 unspecified atom stereocenters. The molecule has 0 bridgehead atoms. The van der Waals surface area contributed by atoms with Gasteiger partial charge in [-0.05, 0) is 36.8 Å². The molecule has 21 heavy (non-hydrogen) atoms. The van der Waals surface area contributed by atoms with Gasteiger partial charge in [-0.1, -0.05) is 17.9 Å². The Hall–Kier alpha value is -2.71. The predicted molar refractivity (Wildman–Crippen MR) is 77.3 cm³/mol. The number of benzene rings is 1. The van der Waals surface area contributed by atoms with Crippen molar-refractivity contribution in [3.8, 4) is 11.8 Å². The highest BCUT2D eigenvalue weighted by Gasteiger charge is 2.09. The molecular weight excluding hydrogens is 271 g/mol. The maximum Gasteiger partial charge on any atom is 0.274 e. The second kappa shape index (κ2) is 6.64. The number of hydrogen-bond donors (Lipinski definition) is 2. The largest absolute Gasteiger partial charge is 0.384 e. The summed E-state index contributed by atoms with van der Waals surface area (Å²) in [5.74, 6) is 4.33. The molecule has 1 aromatic carbocycles. The number of aromatic nitrogens is 1. The molecule has 0 fully saturated rings. The number of aliphatic hydroxyl groups excluding tert-OH is 1. The van der Waals surface area contributed by atoms with Gasteiger partial charge in [-0.3, -0.25) is 4.79 Å². The highest BCUT2D eigenvalue weighted by Crippen LogP contribution is 2.16. The molecule has 106 valence electrons. The van der Waals surface area contributed by atoms with Gasteiger partial charge in [0.25, 0.3) is 5.91 Å². The Kier molecular flexibility index (Phi) is 4.64. The Morgan fingerprint density at radius 3 is 2.86 bits per heavy atom. The van der Waals surface area contributed by atoms with Crippen molar-refractivity contribution in [2.24, 2.45) is 0 Å². The van der Waals surface area contributed by atoms with Gasteiger partial charge in [0, 0.05) is 17.4 Å². The lowest BCUT2D eigenvalue weighted by Gasteiger charge is -2.08. The maximum absolute atomic E-state index is 13.2. The molecule has 1 aromatic heterocycles. The first kappa shape index (κ1) is 14.7. The predicted octanol–water partition coefficient (Wildman–Crippen LogP) is 2.13. The van der Waals surface area contributed by atoms with Crippen molar-refractivity contribution in [3.63, 3.8) is 0 Å². The van der Waals surface area contributed by atoms with Crippen molar-refractivity contribution < 1.29 is 14.3 Å². The van der Waals surface area contributed by atoms with E-state index in [2.05, 4.69) is 22.1 Å². The maximum atomic E-state index is 13.2.